The van der Waals surface area contributed by atoms with Gasteiger partial charge in [-0.25, -0.2) is 4.57 Å². The average molecular weight is 449 g/mol. The Hall–Kier alpha value is -1.61. The fraction of sp³-hybridized carbons (Fsp3) is 0.538. The minimum absolute atomic E-state index is 0.120. The van der Waals surface area contributed by atoms with Crippen molar-refractivity contribution in [3.63, 3.8) is 0 Å². The highest BCUT2D eigenvalue weighted by Gasteiger charge is 2.30. The van der Waals surface area contributed by atoms with Gasteiger partial charge in [0.25, 0.3) is 0 Å². The molecule has 0 N–H and O–H groups in total. The summed E-state index contributed by atoms with van der Waals surface area (Å²) in [5.41, 5.74) is 5.04. The first kappa shape index (κ1) is 27.4. The molecule has 2 rings (SSSR count). The van der Waals surface area contributed by atoms with Gasteiger partial charge in [-0.3, -0.25) is 9.05 Å². The monoisotopic (exact) mass is 448 g/mol. The predicted octanol–water partition coefficient (Wildman–Crippen LogP) is 8.14. The van der Waals surface area contributed by atoms with E-state index in [2.05, 4.69) is 72.7 Å². The first-order valence-corrected chi connectivity index (χ1v) is 12.4. The van der Waals surface area contributed by atoms with Gasteiger partial charge in [0.1, 0.15) is 5.75 Å². The molecule has 0 fully saturated rings. The van der Waals surface area contributed by atoms with Crippen LogP contribution in [-0.2, 0) is 24.4 Å². The fourth-order valence-electron chi connectivity index (χ4n) is 2.95. The minimum Gasteiger partial charge on any atom is -0.404 e. The van der Waals surface area contributed by atoms with Gasteiger partial charge in [-0.05, 0) is 50.2 Å². The third kappa shape index (κ3) is 9.19. The first-order valence-electron chi connectivity index (χ1n) is 11.0. The van der Waals surface area contributed by atoms with E-state index in [0.29, 0.717) is 5.75 Å². The molecule has 0 amide bonds. The highest BCUT2D eigenvalue weighted by molar-refractivity contribution is 7.48. The van der Waals surface area contributed by atoms with E-state index in [1.54, 1.807) is 13.8 Å². The van der Waals surface area contributed by atoms with Crippen molar-refractivity contribution in [1.29, 1.82) is 0 Å². The molecule has 0 radical (unpaired) electrons. The number of hydrogen-bond donors (Lipinski definition) is 0. The van der Waals surface area contributed by atoms with Crippen molar-refractivity contribution in [3.8, 4) is 5.75 Å². The molecule has 31 heavy (non-hydrogen) atoms. The van der Waals surface area contributed by atoms with Gasteiger partial charge in [-0.2, -0.15) is 0 Å². The summed E-state index contributed by atoms with van der Waals surface area (Å²) in [6.07, 6.45) is 0. The van der Waals surface area contributed by atoms with Crippen LogP contribution in [0.2, 0.25) is 0 Å². The van der Waals surface area contributed by atoms with Gasteiger partial charge in [0.2, 0.25) is 0 Å². The Morgan fingerprint density at radius 1 is 0.774 bits per heavy atom. The third-order valence-corrected chi connectivity index (χ3v) is 6.18. The van der Waals surface area contributed by atoms with Gasteiger partial charge in [0, 0.05) is 5.56 Å². The lowest BCUT2D eigenvalue weighted by atomic mass is 9.85. The molecule has 0 aliphatic rings. The van der Waals surface area contributed by atoms with E-state index in [-0.39, 0.29) is 24.0 Å². The molecule has 0 aliphatic heterocycles. The number of hydrogen-bond acceptors (Lipinski definition) is 4. The summed E-state index contributed by atoms with van der Waals surface area (Å²) in [6.45, 7) is 21.2. The maximum absolute atomic E-state index is 12.5. The summed E-state index contributed by atoms with van der Waals surface area (Å²) in [6, 6.07) is 14.5. The molecule has 0 unspecified atom stereocenters. The van der Waals surface area contributed by atoms with E-state index in [9.17, 15) is 4.57 Å². The summed E-state index contributed by atoms with van der Waals surface area (Å²) < 4.78 is 28.5. The van der Waals surface area contributed by atoms with Crippen LogP contribution >= 0.6 is 7.82 Å². The Bertz CT molecular complexity index is 866. The zero-order chi connectivity index (χ0) is 23.9. The highest BCUT2D eigenvalue weighted by Crippen LogP contribution is 2.51. The lowest BCUT2D eigenvalue weighted by Gasteiger charge is -2.25. The molecule has 0 bridgehead atoms. The molecule has 2 aromatic carbocycles. The molecule has 4 nitrogen and oxygen atoms in total. The van der Waals surface area contributed by atoms with Crippen LogP contribution in [0.25, 0.3) is 0 Å². The smallest absolute Gasteiger partial charge is 0.404 e. The number of rotatable bonds is 6. The molecular formula is C26H41O4P. The van der Waals surface area contributed by atoms with Crippen molar-refractivity contribution in [2.45, 2.75) is 80.1 Å². The molecule has 0 atom stereocenters. The SMILES string of the molecule is CCOP(=O)(OCC)Oc1ccc(C)cc1C(C)(C)C.Cc1cccc(C(C)(C)C)c1. The topological polar surface area (TPSA) is 44.8 Å². The van der Waals surface area contributed by atoms with Crippen molar-refractivity contribution >= 4 is 7.82 Å². The largest absolute Gasteiger partial charge is 0.530 e. The zero-order valence-corrected chi connectivity index (χ0v) is 21.9. The van der Waals surface area contributed by atoms with Gasteiger partial charge < -0.3 is 4.52 Å². The lowest BCUT2D eigenvalue weighted by Crippen LogP contribution is -2.14. The van der Waals surface area contributed by atoms with E-state index in [1.807, 2.05) is 25.1 Å². The van der Waals surface area contributed by atoms with Crippen LogP contribution in [0.5, 0.6) is 5.75 Å². The van der Waals surface area contributed by atoms with Crippen LogP contribution in [0.15, 0.2) is 42.5 Å². The first-order chi connectivity index (χ1) is 14.2. The van der Waals surface area contributed by atoms with Crippen LogP contribution in [-0.4, -0.2) is 13.2 Å². The standard InChI is InChI=1S/C15H25O4P.C11H16/c1-7-17-20(16,18-8-2)19-14-10-9-12(3)11-13(14)15(4,5)6;1-9-6-5-7-10(8-9)11(2,3)4/h9-11H,7-8H2,1-6H3;5-8H,1-4H3. The van der Waals surface area contributed by atoms with Crippen LogP contribution in [0.1, 0.15) is 77.6 Å². The van der Waals surface area contributed by atoms with Crippen LogP contribution in [0.4, 0.5) is 0 Å². The van der Waals surface area contributed by atoms with Gasteiger partial charge in [-0.15, -0.1) is 0 Å². The van der Waals surface area contributed by atoms with Crippen molar-refractivity contribution < 1.29 is 18.1 Å². The van der Waals surface area contributed by atoms with Crippen LogP contribution in [0.3, 0.4) is 0 Å². The molecule has 174 valence electrons. The average Bonchev–Trinajstić information content (AvgIpc) is 2.62. The fourth-order valence-corrected chi connectivity index (χ4v) is 4.16. The number of aryl methyl sites for hydroxylation is 2. The molecule has 0 spiro atoms. The number of phosphoric ester groups is 1. The number of benzene rings is 2. The highest BCUT2D eigenvalue weighted by atomic mass is 31.2. The second kappa shape index (κ2) is 11.3. The van der Waals surface area contributed by atoms with Crippen LogP contribution < -0.4 is 4.52 Å². The van der Waals surface area contributed by atoms with E-state index in [4.69, 9.17) is 13.6 Å². The molecule has 2 aromatic rings. The Labute approximate surface area is 189 Å². The molecule has 0 aromatic heterocycles. The maximum Gasteiger partial charge on any atom is 0.530 e. The molecule has 0 aliphatic carbocycles. The van der Waals surface area contributed by atoms with Crippen molar-refractivity contribution in [2.24, 2.45) is 0 Å². The minimum atomic E-state index is -3.55. The van der Waals surface area contributed by atoms with Gasteiger partial charge in [-0.1, -0.05) is 89.1 Å². The Balaban J connectivity index is 0.000000367. The lowest BCUT2D eigenvalue weighted by molar-refractivity contribution is 0.167. The van der Waals surface area contributed by atoms with Gasteiger partial charge >= 0.3 is 7.82 Å². The van der Waals surface area contributed by atoms with E-state index < -0.39 is 7.82 Å². The summed E-state index contributed by atoms with van der Waals surface area (Å²) in [4.78, 5) is 0. The van der Waals surface area contributed by atoms with E-state index >= 15 is 0 Å². The van der Waals surface area contributed by atoms with Crippen LogP contribution in [0, 0.1) is 13.8 Å². The second-order valence-electron chi connectivity index (χ2n) is 9.74. The maximum atomic E-state index is 12.5. The van der Waals surface area contributed by atoms with Crippen molar-refractivity contribution in [1.82, 2.24) is 0 Å². The third-order valence-electron chi connectivity index (χ3n) is 4.61. The normalized spacial score (nSPS) is 12.2. The molecule has 0 saturated heterocycles. The second-order valence-corrected chi connectivity index (χ2v) is 11.3. The summed E-state index contributed by atoms with van der Waals surface area (Å²) in [5, 5.41) is 0. The van der Waals surface area contributed by atoms with E-state index in [1.165, 1.54) is 11.1 Å². The summed E-state index contributed by atoms with van der Waals surface area (Å²) >= 11 is 0. The molecule has 5 heteroatoms. The summed E-state index contributed by atoms with van der Waals surface area (Å²) in [7, 11) is -3.55. The Morgan fingerprint density at radius 2 is 1.32 bits per heavy atom. The van der Waals surface area contributed by atoms with Gasteiger partial charge in [0.05, 0.1) is 13.2 Å². The summed E-state index contributed by atoms with van der Waals surface area (Å²) in [5.74, 6) is 0.549. The molecule has 0 saturated carbocycles. The zero-order valence-electron chi connectivity index (χ0n) is 21.0. The predicted molar refractivity (Wildman–Crippen MR) is 131 cm³/mol. The van der Waals surface area contributed by atoms with Crippen molar-refractivity contribution in [2.75, 3.05) is 13.2 Å². The van der Waals surface area contributed by atoms with Crippen molar-refractivity contribution in [3.05, 3.63) is 64.7 Å². The Kier molecular flexibility index (Phi) is 10.0. The van der Waals surface area contributed by atoms with E-state index in [0.717, 1.165) is 11.1 Å². The quantitative estimate of drug-likeness (QED) is 0.418. The Morgan fingerprint density at radius 3 is 1.74 bits per heavy atom. The van der Waals surface area contributed by atoms with Gasteiger partial charge in [0.15, 0.2) is 0 Å². The molecular weight excluding hydrogens is 407 g/mol. The molecule has 0 heterocycles. The number of phosphoric acid groups is 1.